The van der Waals surface area contributed by atoms with E-state index in [9.17, 15) is 4.39 Å². The van der Waals surface area contributed by atoms with Gasteiger partial charge in [0.2, 0.25) is 5.89 Å². The van der Waals surface area contributed by atoms with Crippen molar-refractivity contribution in [3.8, 4) is 0 Å². The summed E-state index contributed by atoms with van der Waals surface area (Å²) in [5.41, 5.74) is 2.06. The summed E-state index contributed by atoms with van der Waals surface area (Å²) in [5.74, 6) is 1.45. The summed E-state index contributed by atoms with van der Waals surface area (Å²) in [4.78, 5) is 9.25. The Morgan fingerprint density at radius 2 is 2.00 bits per heavy atom. The maximum absolute atomic E-state index is 13.1. The second-order valence-corrected chi connectivity index (χ2v) is 6.49. The molecular weight excluding hydrogens is 293 g/mol. The molecule has 1 fully saturated rings. The summed E-state index contributed by atoms with van der Waals surface area (Å²) in [7, 11) is 2.15. The molecule has 0 aliphatic carbocycles. The van der Waals surface area contributed by atoms with Gasteiger partial charge in [-0.2, -0.15) is 0 Å². The average Bonchev–Trinajstić information content (AvgIpc) is 3.07. The maximum atomic E-state index is 13.1. The van der Waals surface area contributed by atoms with Crippen LogP contribution in [-0.2, 0) is 13.1 Å². The number of likely N-dealkylation sites (tertiary alicyclic amines) is 1. The van der Waals surface area contributed by atoms with Crippen LogP contribution in [0.1, 0.15) is 29.3 Å². The summed E-state index contributed by atoms with van der Waals surface area (Å²) in [6.07, 6.45) is 1.14. The highest BCUT2D eigenvalue weighted by Gasteiger charge is 2.27. The molecule has 2 aromatic rings. The molecule has 1 aliphatic heterocycles. The van der Waals surface area contributed by atoms with Gasteiger partial charge in [0, 0.05) is 19.1 Å². The molecule has 0 radical (unpaired) electrons. The van der Waals surface area contributed by atoms with Gasteiger partial charge in [0.05, 0.1) is 12.2 Å². The van der Waals surface area contributed by atoms with Crippen molar-refractivity contribution in [3.05, 3.63) is 53.0 Å². The Bertz CT molecular complexity index is 633. The summed E-state index contributed by atoms with van der Waals surface area (Å²) < 4.78 is 18.9. The van der Waals surface area contributed by atoms with Crippen LogP contribution >= 0.6 is 0 Å². The zero-order valence-corrected chi connectivity index (χ0v) is 14.1. The molecule has 0 amide bonds. The maximum Gasteiger partial charge on any atom is 0.208 e. The molecule has 5 heteroatoms. The van der Waals surface area contributed by atoms with E-state index in [1.807, 2.05) is 26.0 Å². The summed E-state index contributed by atoms with van der Waals surface area (Å²) in [6, 6.07) is 7.22. The lowest BCUT2D eigenvalue weighted by Crippen LogP contribution is -2.36. The first-order valence-corrected chi connectivity index (χ1v) is 8.11. The Morgan fingerprint density at radius 1 is 1.26 bits per heavy atom. The number of aryl methyl sites for hydroxylation is 2. The smallest absolute Gasteiger partial charge is 0.208 e. The molecule has 0 saturated carbocycles. The van der Waals surface area contributed by atoms with Gasteiger partial charge in [0.1, 0.15) is 11.6 Å². The van der Waals surface area contributed by atoms with Crippen LogP contribution < -0.4 is 0 Å². The van der Waals surface area contributed by atoms with Crippen LogP contribution in [0, 0.1) is 19.7 Å². The zero-order valence-electron chi connectivity index (χ0n) is 14.1. The molecular formula is C18H24FN3O. The van der Waals surface area contributed by atoms with Crippen LogP contribution in [0.4, 0.5) is 4.39 Å². The van der Waals surface area contributed by atoms with E-state index in [-0.39, 0.29) is 5.82 Å². The molecule has 1 aliphatic rings. The molecule has 1 saturated heterocycles. The van der Waals surface area contributed by atoms with E-state index in [0.29, 0.717) is 12.6 Å². The van der Waals surface area contributed by atoms with Gasteiger partial charge in [-0.1, -0.05) is 12.1 Å². The minimum Gasteiger partial charge on any atom is -0.444 e. The van der Waals surface area contributed by atoms with E-state index in [4.69, 9.17) is 4.42 Å². The van der Waals surface area contributed by atoms with Crippen molar-refractivity contribution in [2.24, 2.45) is 0 Å². The number of hydrogen-bond donors (Lipinski definition) is 0. The van der Waals surface area contributed by atoms with Crippen LogP contribution in [0.15, 0.2) is 28.7 Å². The van der Waals surface area contributed by atoms with E-state index in [2.05, 4.69) is 21.8 Å². The predicted molar refractivity (Wildman–Crippen MR) is 87.5 cm³/mol. The third kappa shape index (κ3) is 3.98. The fourth-order valence-electron chi connectivity index (χ4n) is 3.13. The predicted octanol–water partition coefficient (Wildman–Crippen LogP) is 3.14. The van der Waals surface area contributed by atoms with Gasteiger partial charge >= 0.3 is 0 Å². The molecule has 23 heavy (non-hydrogen) atoms. The number of benzene rings is 1. The quantitative estimate of drug-likeness (QED) is 0.848. The van der Waals surface area contributed by atoms with E-state index < -0.39 is 0 Å². The highest BCUT2D eigenvalue weighted by atomic mass is 19.1. The van der Waals surface area contributed by atoms with Crippen LogP contribution in [0.25, 0.3) is 0 Å². The van der Waals surface area contributed by atoms with Crippen LogP contribution in [0.2, 0.25) is 0 Å². The van der Waals surface area contributed by atoms with E-state index in [0.717, 1.165) is 49.0 Å². The topological polar surface area (TPSA) is 32.5 Å². The normalized spacial score (nSPS) is 18.9. The second-order valence-electron chi connectivity index (χ2n) is 6.49. The molecule has 1 atom stereocenters. The highest BCUT2D eigenvalue weighted by molar-refractivity contribution is 5.16. The van der Waals surface area contributed by atoms with Gasteiger partial charge in [0.15, 0.2) is 0 Å². The fourth-order valence-corrected chi connectivity index (χ4v) is 3.13. The number of halogens is 1. The molecule has 0 N–H and O–H groups in total. The molecule has 1 aromatic carbocycles. The fraction of sp³-hybridized carbons (Fsp3) is 0.500. The van der Waals surface area contributed by atoms with Crippen molar-refractivity contribution in [1.29, 1.82) is 0 Å². The van der Waals surface area contributed by atoms with Gasteiger partial charge in [-0.05, 0) is 51.6 Å². The van der Waals surface area contributed by atoms with Gasteiger partial charge in [-0.15, -0.1) is 0 Å². The first kappa shape index (κ1) is 16.1. The molecule has 2 heterocycles. The first-order chi connectivity index (χ1) is 11.0. The van der Waals surface area contributed by atoms with Crippen molar-refractivity contribution >= 4 is 0 Å². The largest absolute Gasteiger partial charge is 0.444 e. The Morgan fingerprint density at radius 3 is 2.57 bits per heavy atom. The van der Waals surface area contributed by atoms with E-state index in [1.54, 1.807) is 0 Å². The van der Waals surface area contributed by atoms with Gasteiger partial charge in [0.25, 0.3) is 0 Å². The number of rotatable bonds is 5. The number of aromatic nitrogens is 1. The third-order valence-corrected chi connectivity index (χ3v) is 4.59. The van der Waals surface area contributed by atoms with Crippen molar-refractivity contribution < 1.29 is 8.81 Å². The van der Waals surface area contributed by atoms with Gasteiger partial charge in [-0.3, -0.25) is 4.90 Å². The monoisotopic (exact) mass is 317 g/mol. The van der Waals surface area contributed by atoms with Crippen molar-refractivity contribution in [1.82, 2.24) is 14.8 Å². The lowest BCUT2D eigenvalue weighted by molar-refractivity contribution is 0.163. The van der Waals surface area contributed by atoms with Crippen LogP contribution in [0.3, 0.4) is 0 Å². The molecule has 1 aromatic heterocycles. The lowest BCUT2D eigenvalue weighted by Gasteiger charge is -2.27. The van der Waals surface area contributed by atoms with Crippen molar-refractivity contribution in [2.45, 2.75) is 39.4 Å². The number of likely N-dealkylation sites (N-methyl/N-ethyl adjacent to an activating group) is 1. The standard InChI is InChI=1S/C18H24FN3O/c1-13-14(2)23-18(20-13)12-22(17-8-9-21(3)11-17)10-15-4-6-16(19)7-5-15/h4-7,17H,8-12H2,1-3H3/t17-/m0/s1. The lowest BCUT2D eigenvalue weighted by atomic mass is 10.1. The Hall–Kier alpha value is -1.72. The van der Waals surface area contributed by atoms with Gasteiger partial charge < -0.3 is 9.32 Å². The molecule has 124 valence electrons. The SMILES string of the molecule is Cc1nc(CN(Cc2ccc(F)cc2)[C@H]2CCN(C)C2)oc1C. The minimum absolute atomic E-state index is 0.195. The number of nitrogens with zero attached hydrogens (tertiary/aromatic N) is 3. The van der Waals surface area contributed by atoms with Gasteiger partial charge in [-0.25, -0.2) is 9.37 Å². The molecule has 4 nitrogen and oxygen atoms in total. The average molecular weight is 317 g/mol. The van der Waals surface area contributed by atoms with Crippen LogP contribution in [-0.4, -0.2) is 41.0 Å². The zero-order chi connectivity index (χ0) is 16.4. The first-order valence-electron chi connectivity index (χ1n) is 8.11. The second kappa shape index (κ2) is 6.81. The number of hydrogen-bond acceptors (Lipinski definition) is 4. The molecule has 0 spiro atoms. The Balaban J connectivity index is 1.76. The molecule has 0 bridgehead atoms. The third-order valence-electron chi connectivity index (χ3n) is 4.59. The Kier molecular flexibility index (Phi) is 4.78. The highest BCUT2D eigenvalue weighted by Crippen LogP contribution is 2.21. The Labute approximate surface area is 136 Å². The summed E-state index contributed by atoms with van der Waals surface area (Å²) in [6.45, 7) is 7.52. The molecule has 0 unspecified atom stereocenters. The van der Waals surface area contributed by atoms with Crippen molar-refractivity contribution in [2.75, 3.05) is 20.1 Å². The molecule has 3 rings (SSSR count). The van der Waals surface area contributed by atoms with E-state index >= 15 is 0 Å². The number of oxazole rings is 1. The summed E-state index contributed by atoms with van der Waals surface area (Å²) in [5, 5.41) is 0. The van der Waals surface area contributed by atoms with E-state index in [1.165, 1.54) is 12.1 Å². The minimum atomic E-state index is -0.195. The van der Waals surface area contributed by atoms with Crippen molar-refractivity contribution in [3.63, 3.8) is 0 Å². The summed E-state index contributed by atoms with van der Waals surface area (Å²) >= 11 is 0. The van der Waals surface area contributed by atoms with Crippen LogP contribution in [0.5, 0.6) is 0 Å².